The Labute approximate surface area is 96.8 Å². The summed E-state index contributed by atoms with van der Waals surface area (Å²) in [5.41, 5.74) is 1.10. The molecule has 1 atom stereocenters. The standard InChI is InChI=1S/C13H19NO2/c1-4-16-13(15)14-12(10(2)3)11-8-6-5-7-9-11/h5-10,12H,4H2,1-3H3,(H,14,15). The van der Waals surface area contributed by atoms with Crippen LogP contribution in [-0.2, 0) is 4.74 Å². The van der Waals surface area contributed by atoms with Crippen LogP contribution >= 0.6 is 0 Å². The van der Waals surface area contributed by atoms with Crippen LogP contribution in [0.4, 0.5) is 4.79 Å². The van der Waals surface area contributed by atoms with Gasteiger partial charge in [0.1, 0.15) is 0 Å². The molecule has 0 radical (unpaired) electrons. The summed E-state index contributed by atoms with van der Waals surface area (Å²) in [5, 5.41) is 2.87. The molecule has 1 unspecified atom stereocenters. The lowest BCUT2D eigenvalue weighted by Crippen LogP contribution is -2.32. The topological polar surface area (TPSA) is 38.3 Å². The molecule has 0 heterocycles. The third-order valence-electron chi connectivity index (χ3n) is 2.37. The minimum absolute atomic E-state index is 0.000231. The van der Waals surface area contributed by atoms with E-state index in [9.17, 15) is 4.79 Å². The minimum atomic E-state index is -0.356. The second-order valence-corrected chi connectivity index (χ2v) is 4.00. The van der Waals surface area contributed by atoms with Gasteiger partial charge >= 0.3 is 6.09 Å². The predicted octanol–water partition coefficient (Wildman–Crippen LogP) is 3.13. The molecule has 0 spiro atoms. The lowest BCUT2D eigenvalue weighted by atomic mass is 9.96. The van der Waals surface area contributed by atoms with Crippen molar-refractivity contribution in [2.24, 2.45) is 5.92 Å². The van der Waals surface area contributed by atoms with Crippen LogP contribution < -0.4 is 5.32 Å². The van der Waals surface area contributed by atoms with E-state index in [4.69, 9.17) is 4.74 Å². The molecular formula is C13H19NO2. The van der Waals surface area contributed by atoms with Crippen LogP contribution in [0.5, 0.6) is 0 Å². The highest BCUT2D eigenvalue weighted by Crippen LogP contribution is 2.21. The second kappa shape index (κ2) is 6.16. The average Bonchev–Trinajstić information content (AvgIpc) is 2.27. The first-order valence-electron chi connectivity index (χ1n) is 5.63. The van der Waals surface area contributed by atoms with Crippen molar-refractivity contribution in [2.45, 2.75) is 26.8 Å². The first kappa shape index (κ1) is 12.6. The number of hydrogen-bond acceptors (Lipinski definition) is 2. The molecule has 0 aliphatic heterocycles. The van der Waals surface area contributed by atoms with Gasteiger partial charge in [0.25, 0.3) is 0 Å². The van der Waals surface area contributed by atoms with E-state index in [0.717, 1.165) is 5.56 Å². The van der Waals surface area contributed by atoms with E-state index in [1.807, 2.05) is 30.3 Å². The van der Waals surface area contributed by atoms with E-state index in [0.29, 0.717) is 12.5 Å². The van der Waals surface area contributed by atoms with Crippen molar-refractivity contribution in [3.63, 3.8) is 0 Å². The van der Waals surface area contributed by atoms with E-state index in [1.165, 1.54) is 0 Å². The van der Waals surface area contributed by atoms with Crippen LogP contribution in [0, 0.1) is 5.92 Å². The molecule has 1 aromatic rings. The maximum absolute atomic E-state index is 11.4. The summed E-state index contributed by atoms with van der Waals surface area (Å²) >= 11 is 0. The third-order valence-corrected chi connectivity index (χ3v) is 2.37. The average molecular weight is 221 g/mol. The van der Waals surface area contributed by atoms with Crippen LogP contribution in [0.3, 0.4) is 0 Å². The normalized spacial score (nSPS) is 12.2. The quantitative estimate of drug-likeness (QED) is 0.848. The molecule has 1 N–H and O–H groups in total. The Kier molecular flexibility index (Phi) is 4.83. The molecule has 0 aliphatic rings. The fraction of sp³-hybridized carbons (Fsp3) is 0.462. The van der Waals surface area contributed by atoms with Gasteiger partial charge in [0.2, 0.25) is 0 Å². The fourth-order valence-electron chi connectivity index (χ4n) is 1.60. The summed E-state index contributed by atoms with van der Waals surface area (Å²) in [6.07, 6.45) is -0.356. The van der Waals surface area contributed by atoms with Crippen molar-refractivity contribution < 1.29 is 9.53 Å². The van der Waals surface area contributed by atoms with Crippen molar-refractivity contribution in [2.75, 3.05) is 6.61 Å². The molecular weight excluding hydrogens is 202 g/mol. The Morgan fingerprint density at radius 1 is 1.31 bits per heavy atom. The van der Waals surface area contributed by atoms with Gasteiger partial charge in [-0.1, -0.05) is 44.2 Å². The number of benzene rings is 1. The number of ether oxygens (including phenoxy) is 1. The van der Waals surface area contributed by atoms with E-state index >= 15 is 0 Å². The molecule has 0 aliphatic carbocycles. The molecule has 1 aromatic carbocycles. The first-order valence-corrected chi connectivity index (χ1v) is 5.63. The van der Waals surface area contributed by atoms with Crippen molar-refractivity contribution in [3.8, 4) is 0 Å². The van der Waals surface area contributed by atoms with Crippen LogP contribution in [0.1, 0.15) is 32.4 Å². The Bertz CT molecular complexity index is 322. The van der Waals surface area contributed by atoms with E-state index < -0.39 is 0 Å². The highest BCUT2D eigenvalue weighted by molar-refractivity contribution is 5.67. The van der Waals surface area contributed by atoms with Crippen molar-refractivity contribution in [1.29, 1.82) is 0 Å². The van der Waals surface area contributed by atoms with Crippen LogP contribution in [-0.4, -0.2) is 12.7 Å². The van der Waals surface area contributed by atoms with Crippen LogP contribution in [0.15, 0.2) is 30.3 Å². The summed E-state index contributed by atoms with van der Waals surface area (Å²) in [5.74, 6) is 0.326. The fourth-order valence-corrected chi connectivity index (χ4v) is 1.60. The minimum Gasteiger partial charge on any atom is -0.450 e. The summed E-state index contributed by atoms with van der Waals surface area (Å²) in [4.78, 5) is 11.4. The van der Waals surface area contributed by atoms with E-state index in [-0.39, 0.29) is 12.1 Å². The Morgan fingerprint density at radius 2 is 1.94 bits per heavy atom. The molecule has 0 saturated carbocycles. The summed E-state index contributed by atoms with van der Waals surface area (Å²) in [6, 6.07) is 9.92. The number of carbonyl (C=O) groups is 1. The second-order valence-electron chi connectivity index (χ2n) is 4.00. The monoisotopic (exact) mass is 221 g/mol. The number of nitrogens with one attached hydrogen (secondary N) is 1. The van der Waals surface area contributed by atoms with E-state index in [2.05, 4.69) is 19.2 Å². The lowest BCUT2D eigenvalue weighted by molar-refractivity contribution is 0.145. The maximum Gasteiger partial charge on any atom is 0.407 e. The highest BCUT2D eigenvalue weighted by atomic mass is 16.5. The molecule has 16 heavy (non-hydrogen) atoms. The number of rotatable bonds is 4. The molecule has 1 rings (SSSR count). The number of alkyl carbamates (subject to hydrolysis) is 1. The largest absolute Gasteiger partial charge is 0.450 e. The number of hydrogen-bond donors (Lipinski definition) is 1. The molecule has 3 nitrogen and oxygen atoms in total. The maximum atomic E-state index is 11.4. The predicted molar refractivity (Wildman–Crippen MR) is 64.2 cm³/mol. The number of amides is 1. The lowest BCUT2D eigenvalue weighted by Gasteiger charge is -2.22. The Morgan fingerprint density at radius 3 is 2.44 bits per heavy atom. The van der Waals surface area contributed by atoms with Gasteiger partial charge in [-0.3, -0.25) is 0 Å². The van der Waals surface area contributed by atoms with Crippen molar-refractivity contribution in [3.05, 3.63) is 35.9 Å². The number of carbonyl (C=O) groups excluding carboxylic acids is 1. The van der Waals surface area contributed by atoms with Crippen molar-refractivity contribution in [1.82, 2.24) is 5.32 Å². The summed E-state index contributed by atoms with van der Waals surface area (Å²) < 4.78 is 4.89. The molecule has 88 valence electrons. The van der Waals surface area contributed by atoms with Gasteiger partial charge < -0.3 is 10.1 Å². The van der Waals surface area contributed by atoms with Crippen LogP contribution in [0.2, 0.25) is 0 Å². The summed E-state index contributed by atoms with van der Waals surface area (Å²) in [7, 11) is 0. The molecule has 0 saturated heterocycles. The van der Waals surface area contributed by atoms with Gasteiger partial charge in [-0.15, -0.1) is 0 Å². The zero-order chi connectivity index (χ0) is 12.0. The van der Waals surface area contributed by atoms with E-state index in [1.54, 1.807) is 6.92 Å². The van der Waals surface area contributed by atoms with Gasteiger partial charge in [-0.2, -0.15) is 0 Å². The van der Waals surface area contributed by atoms with Gasteiger partial charge in [0, 0.05) is 0 Å². The van der Waals surface area contributed by atoms with Crippen molar-refractivity contribution >= 4 is 6.09 Å². The third kappa shape index (κ3) is 3.57. The zero-order valence-electron chi connectivity index (χ0n) is 10.1. The molecule has 1 amide bonds. The van der Waals surface area contributed by atoms with Gasteiger partial charge in [0.05, 0.1) is 12.6 Å². The molecule has 3 heteroatoms. The zero-order valence-corrected chi connectivity index (χ0v) is 10.1. The molecule has 0 fully saturated rings. The molecule has 0 aromatic heterocycles. The van der Waals surface area contributed by atoms with Gasteiger partial charge in [-0.05, 0) is 18.4 Å². The highest BCUT2D eigenvalue weighted by Gasteiger charge is 2.18. The smallest absolute Gasteiger partial charge is 0.407 e. The first-order chi connectivity index (χ1) is 7.65. The Hall–Kier alpha value is -1.51. The summed E-state index contributed by atoms with van der Waals surface area (Å²) in [6.45, 7) is 6.34. The van der Waals surface area contributed by atoms with Crippen LogP contribution in [0.25, 0.3) is 0 Å². The SMILES string of the molecule is CCOC(=O)NC(c1ccccc1)C(C)C. The van der Waals surface area contributed by atoms with Gasteiger partial charge in [-0.25, -0.2) is 4.79 Å². The van der Waals surface area contributed by atoms with Gasteiger partial charge in [0.15, 0.2) is 0 Å². The molecule has 0 bridgehead atoms. The Balaban J connectivity index is 2.73.